The molecule has 1 atom stereocenters. The molecule has 0 fully saturated rings. The normalized spacial score (nSPS) is 24.5. The van der Waals surface area contributed by atoms with E-state index in [1.54, 1.807) is 18.2 Å². The molecule has 2 aliphatic heterocycles. The summed E-state index contributed by atoms with van der Waals surface area (Å²) in [6.45, 7) is 0. The Kier molecular flexibility index (Phi) is 3.12. The molecule has 126 valence electrons. The van der Waals surface area contributed by atoms with Crippen molar-refractivity contribution < 1.29 is 19.1 Å². The first-order valence-corrected chi connectivity index (χ1v) is 7.89. The Morgan fingerprint density at radius 3 is 2.88 bits per heavy atom. The lowest BCUT2D eigenvalue weighted by Crippen LogP contribution is -2.46. The lowest BCUT2D eigenvalue weighted by Gasteiger charge is -2.37. The zero-order valence-corrected chi connectivity index (χ0v) is 13.5. The minimum absolute atomic E-state index is 0.0639. The molecule has 0 bridgehead atoms. The molecule has 0 saturated carbocycles. The Bertz CT molecular complexity index is 938. The molecule has 25 heavy (non-hydrogen) atoms. The second-order valence-corrected chi connectivity index (χ2v) is 6.14. The van der Waals surface area contributed by atoms with Crippen molar-refractivity contribution in [3.05, 3.63) is 46.6 Å². The highest BCUT2D eigenvalue weighted by molar-refractivity contribution is 6.19. The summed E-state index contributed by atoms with van der Waals surface area (Å²) in [6, 6.07) is 7.05. The van der Waals surface area contributed by atoms with Crippen molar-refractivity contribution in [1.82, 2.24) is 0 Å². The lowest BCUT2D eigenvalue weighted by molar-refractivity contribution is -0.123. The first-order chi connectivity index (χ1) is 12.0. The standard InChI is InChI=1S/C18H15N3O4/c1-24-9-5-6-12-10(7-9)18(17(23)21-12)11(8-19)16(20)25-14-4-2-3-13(22)15(14)18/h5-7H,2-4,20H2,1H3,(H,21,23). The molecule has 4 rings (SSSR count). The van der Waals surface area contributed by atoms with Crippen LogP contribution in [0.15, 0.2) is 41.0 Å². The summed E-state index contributed by atoms with van der Waals surface area (Å²) >= 11 is 0. The van der Waals surface area contributed by atoms with Gasteiger partial charge in [-0.1, -0.05) is 0 Å². The van der Waals surface area contributed by atoms with Gasteiger partial charge in [0.2, 0.25) is 11.8 Å². The molecular formula is C18H15N3O4. The summed E-state index contributed by atoms with van der Waals surface area (Å²) in [5.41, 5.74) is 5.56. The smallest absolute Gasteiger partial charge is 0.245 e. The average Bonchev–Trinajstić information content (AvgIpc) is 2.87. The van der Waals surface area contributed by atoms with Gasteiger partial charge in [-0.25, -0.2) is 0 Å². The molecule has 1 unspecified atom stereocenters. The van der Waals surface area contributed by atoms with Crippen molar-refractivity contribution in [2.45, 2.75) is 24.7 Å². The van der Waals surface area contributed by atoms with E-state index in [0.29, 0.717) is 42.0 Å². The molecule has 1 aromatic rings. The maximum absolute atomic E-state index is 13.1. The number of allylic oxidation sites excluding steroid dienone is 1. The molecule has 1 amide bonds. The van der Waals surface area contributed by atoms with E-state index in [2.05, 4.69) is 5.32 Å². The number of carbonyl (C=O) groups is 2. The van der Waals surface area contributed by atoms with E-state index >= 15 is 0 Å². The van der Waals surface area contributed by atoms with Crippen molar-refractivity contribution in [1.29, 1.82) is 5.26 Å². The van der Waals surface area contributed by atoms with Crippen LogP contribution >= 0.6 is 0 Å². The van der Waals surface area contributed by atoms with E-state index in [0.717, 1.165) is 0 Å². The minimum Gasteiger partial charge on any atom is -0.497 e. The van der Waals surface area contributed by atoms with Crippen molar-refractivity contribution >= 4 is 17.4 Å². The highest BCUT2D eigenvalue weighted by Crippen LogP contribution is 2.54. The number of Topliss-reactive ketones (excluding diaryl/α,β-unsaturated/α-hetero) is 1. The fourth-order valence-electron chi connectivity index (χ4n) is 3.87. The number of benzene rings is 1. The number of carbonyl (C=O) groups excluding carboxylic acids is 2. The number of nitriles is 1. The molecule has 3 N–H and O–H groups in total. The monoisotopic (exact) mass is 337 g/mol. The van der Waals surface area contributed by atoms with Crippen LogP contribution in [0.25, 0.3) is 0 Å². The van der Waals surface area contributed by atoms with Gasteiger partial charge in [-0.05, 0) is 24.6 Å². The third-order valence-electron chi connectivity index (χ3n) is 4.93. The Labute approximate surface area is 143 Å². The van der Waals surface area contributed by atoms with Gasteiger partial charge >= 0.3 is 0 Å². The van der Waals surface area contributed by atoms with Gasteiger partial charge in [0.25, 0.3) is 0 Å². The topological polar surface area (TPSA) is 114 Å². The minimum atomic E-state index is -1.58. The quantitative estimate of drug-likeness (QED) is 0.805. The highest BCUT2D eigenvalue weighted by atomic mass is 16.5. The highest BCUT2D eigenvalue weighted by Gasteiger charge is 2.59. The van der Waals surface area contributed by atoms with Crippen molar-refractivity contribution in [3.8, 4) is 11.8 Å². The van der Waals surface area contributed by atoms with Crippen LogP contribution in [0.4, 0.5) is 5.69 Å². The summed E-state index contributed by atoms with van der Waals surface area (Å²) in [7, 11) is 1.51. The molecule has 1 aromatic carbocycles. The predicted octanol–water partition coefficient (Wildman–Crippen LogP) is 1.62. The Hall–Kier alpha value is -3.27. The summed E-state index contributed by atoms with van der Waals surface area (Å²) in [6.07, 6.45) is 1.42. The number of hydrogen-bond donors (Lipinski definition) is 2. The predicted molar refractivity (Wildman–Crippen MR) is 87.1 cm³/mol. The molecule has 7 heteroatoms. The van der Waals surface area contributed by atoms with Gasteiger partial charge < -0.3 is 20.5 Å². The SMILES string of the molecule is COc1ccc2c(c1)C1(C(=O)N2)C(C#N)=C(N)OC2=C1C(=O)CCC2. The molecule has 0 saturated heterocycles. The van der Waals surface area contributed by atoms with Gasteiger partial charge in [0.15, 0.2) is 5.78 Å². The second-order valence-electron chi connectivity index (χ2n) is 6.14. The Morgan fingerprint density at radius 1 is 1.36 bits per heavy atom. The van der Waals surface area contributed by atoms with Gasteiger partial charge in [-0.2, -0.15) is 5.26 Å². The molecule has 1 spiro atoms. The number of methoxy groups -OCH3 is 1. The van der Waals surface area contributed by atoms with Gasteiger partial charge in [-0.15, -0.1) is 0 Å². The number of ether oxygens (including phenoxy) is 2. The number of anilines is 1. The number of ketones is 1. The molecule has 1 aliphatic carbocycles. The average molecular weight is 337 g/mol. The first kappa shape index (κ1) is 15.3. The Balaban J connectivity index is 2.11. The van der Waals surface area contributed by atoms with Crippen LogP contribution in [-0.4, -0.2) is 18.8 Å². The third kappa shape index (κ3) is 1.79. The molecule has 7 nitrogen and oxygen atoms in total. The van der Waals surface area contributed by atoms with Crippen molar-refractivity contribution in [2.75, 3.05) is 12.4 Å². The summed E-state index contributed by atoms with van der Waals surface area (Å²) in [4.78, 5) is 25.8. The number of amides is 1. The van der Waals surface area contributed by atoms with Crippen LogP contribution in [0.2, 0.25) is 0 Å². The molecular weight excluding hydrogens is 322 g/mol. The number of fused-ring (bicyclic) bond motifs is 3. The molecule has 0 aromatic heterocycles. The first-order valence-electron chi connectivity index (χ1n) is 7.89. The van der Waals surface area contributed by atoms with Crippen LogP contribution in [0.3, 0.4) is 0 Å². The zero-order chi connectivity index (χ0) is 17.8. The summed E-state index contributed by atoms with van der Waals surface area (Å²) in [5.74, 6) is 0.0800. The fraction of sp³-hybridized carbons (Fsp3) is 0.278. The van der Waals surface area contributed by atoms with Crippen molar-refractivity contribution in [3.63, 3.8) is 0 Å². The largest absolute Gasteiger partial charge is 0.497 e. The maximum Gasteiger partial charge on any atom is 0.245 e. The van der Waals surface area contributed by atoms with Gasteiger partial charge in [-0.3, -0.25) is 9.59 Å². The van der Waals surface area contributed by atoms with E-state index in [1.165, 1.54) is 7.11 Å². The number of nitrogens with two attached hydrogens (primary N) is 1. The number of rotatable bonds is 1. The number of nitrogens with zero attached hydrogens (tertiary/aromatic N) is 1. The van der Waals surface area contributed by atoms with Gasteiger partial charge in [0.1, 0.15) is 28.6 Å². The van der Waals surface area contributed by atoms with Crippen LogP contribution in [-0.2, 0) is 19.7 Å². The van der Waals surface area contributed by atoms with E-state index in [4.69, 9.17) is 15.2 Å². The number of hydrogen-bond acceptors (Lipinski definition) is 6. The number of nitrogens with one attached hydrogen (secondary N) is 1. The Morgan fingerprint density at radius 2 is 2.16 bits per heavy atom. The summed E-state index contributed by atoms with van der Waals surface area (Å²) < 4.78 is 10.8. The third-order valence-corrected chi connectivity index (χ3v) is 4.93. The molecule has 0 radical (unpaired) electrons. The van der Waals surface area contributed by atoms with E-state index in [9.17, 15) is 14.9 Å². The van der Waals surface area contributed by atoms with E-state index in [-0.39, 0.29) is 22.8 Å². The van der Waals surface area contributed by atoms with Gasteiger partial charge in [0, 0.05) is 24.1 Å². The second kappa shape index (κ2) is 5.11. The van der Waals surface area contributed by atoms with Crippen LogP contribution < -0.4 is 15.8 Å². The van der Waals surface area contributed by atoms with Crippen LogP contribution in [0, 0.1) is 11.3 Å². The maximum atomic E-state index is 13.1. The van der Waals surface area contributed by atoms with Crippen LogP contribution in [0.1, 0.15) is 24.8 Å². The van der Waals surface area contributed by atoms with E-state index < -0.39 is 11.3 Å². The van der Waals surface area contributed by atoms with Crippen LogP contribution in [0.5, 0.6) is 5.75 Å². The fourth-order valence-corrected chi connectivity index (χ4v) is 3.87. The summed E-state index contributed by atoms with van der Waals surface area (Å²) in [5, 5.41) is 12.5. The molecule has 2 heterocycles. The zero-order valence-electron chi connectivity index (χ0n) is 13.5. The lowest BCUT2D eigenvalue weighted by atomic mass is 9.65. The van der Waals surface area contributed by atoms with Crippen molar-refractivity contribution in [2.24, 2.45) is 5.73 Å². The van der Waals surface area contributed by atoms with Gasteiger partial charge in [0.05, 0.1) is 12.7 Å². The molecule has 3 aliphatic rings. The van der Waals surface area contributed by atoms with E-state index in [1.807, 2.05) is 6.07 Å².